The van der Waals surface area contributed by atoms with Crippen molar-refractivity contribution in [3.8, 4) is 0 Å². The van der Waals surface area contributed by atoms with Crippen molar-refractivity contribution in [2.45, 2.75) is 19.9 Å². The molecule has 0 fully saturated rings. The van der Waals surface area contributed by atoms with Gasteiger partial charge in [-0.05, 0) is 34.5 Å². The number of aromatic nitrogens is 2. The molecule has 18 heavy (non-hydrogen) atoms. The predicted octanol–water partition coefficient (Wildman–Crippen LogP) is 2.76. The van der Waals surface area contributed by atoms with Gasteiger partial charge in [-0.15, -0.1) is 11.3 Å². The Morgan fingerprint density at radius 2 is 2.17 bits per heavy atom. The van der Waals surface area contributed by atoms with E-state index in [1.54, 1.807) is 17.5 Å². The lowest BCUT2D eigenvalue weighted by Crippen LogP contribution is -2.12. The summed E-state index contributed by atoms with van der Waals surface area (Å²) in [7, 11) is 0. The van der Waals surface area contributed by atoms with Gasteiger partial charge < -0.3 is 5.32 Å². The molecule has 0 atom stereocenters. The van der Waals surface area contributed by atoms with Gasteiger partial charge in [0.05, 0.1) is 11.0 Å². The second-order valence-electron chi connectivity index (χ2n) is 3.61. The van der Waals surface area contributed by atoms with Crippen LogP contribution in [0, 0.1) is 0 Å². The minimum Gasteiger partial charge on any atom is -0.364 e. The van der Waals surface area contributed by atoms with E-state index in [4.69, 9.17) is 5.84 Å². The van der Waals surface area contributed by atoms with Crippen molar-refractivity contribution >= 4 is 39.0 Å². The number of hydrogen-bond acceptors (Lipinski definition) is 6. The lowest BCUT2D eigenvalue weighted by molar-refractivity contribution is 1.07. The number of aryl methyl sites for hydroxylation is 1. The van der Waals surface area contributed by atoms with Crippen LogP contribution in [0.25, 0.3) is 0 Å². The van der Waals surface area contributed by atoms with Crippen LogP contribution in [0.4, 0.5) is 11.8 Å². The van der Waals surface area contributed by atoms with Gasteiger partial charge in [0.1, 0.15) is 5.82 Å². The molecule has 0 saturated heterocycles. The maximum atomic E-state index is 5.28. The number of nitrogens with one attached hydrogen (secondary N) is 2. The molecule has 0 aliphatic rings. The molecule has 0 radical (unpaired) electrons. The number of thiophene rings is 1. The molecule has 96 valence electrons. The summed E-state index contributed by atoms with van der Waals surface area (Å²) in [5, 5.41) is 3.26. The Balaban J connectivity index is 2.05. The molecule has 2 aromatic heterocycles. The Labute approximate surface area is 118 Å². The summed E-state index contributed by atoms with van der Waals surface area (Å²) in [5.74, 6) is 6.40. The van der Waals surface area contributed by atoms with E-state index in [0.717, 1.165) is 23.3 Å². The van der Waals surface area contributed by atoms with E-state index >= 15 is 0 Å². The van der Waals surface area contributed by atoms with Gasteiger partial charge in [-0.25, -0.2) is 10.8 Å². The summed E-state index contributed by atoms with van der Waals surface area (Å²) in [4.78, 5) is 10.9. The van der Waals surface area contributed by atoms with Crippen molar-refractivity contribution in [3.05, 3.63) is 32.6 Å². The van der Waals surface area contributed by atoms with Crippen molar-refractivity contribution in [1.29, 1.82) is 0 Å². The molecule has 0 aliphatic carbocycles. The molecule has 0 saturated carbocycles. The second kappa shape index (κ2) is 6.12. The van der Waals surface area contributed by atoms with E-state index in [1.807, 2.05) is 0 Å². The van der Waals surface area contributed by atoms with Crippen molar-refractivity contribution in [2.24, 2.45) is 5.84 Å². The number of hydrogen-bond donors (Lipinski definition) is 3. The Morgan fingerprint density at radius 1 is 1.39 bits per heavy atom. The fourth-order valence-corrected chi connectivity index (χ4v) is 2.67. The first-order valence-corrected chi connectivity index (χ1v) is 7.14. The van der Waals surface area contributed by atoms with Crippen LogP contribution >= 0.6 is 27.3 Å². The Bertz CT molecular complexity index is 528. The Kier molecular flexibility index (Phi) is 4.51. The maximum Gasteiger partial charge on any atom is 0.239 e. The highest BCUT2D eigenvalue weighted by Crippen LogP contribution is 2.22. The topological polar surface area (TPSA) is 75.9 Å². The molecule has 5 nitrogen and oxygen atoms in total. The van der Waals surface area contributed by atoms with E-state index in [9.17, 15) is 0 Å². The van der Waals surface area contributed by atoms with Crippen LogP contribution in [0.1, 0.15) is 16.7 Å². The number of rotatable bonds is 5. The van der Waals surface area contributed by atoms with Gasteiger partial charge in [0.15, 0.2) is 0 Å². The molecule has 0 aromatic carbocycles. The molecule has 2 heterocycles. The number of nitrogens with zero attached hydrogens (tertiary/aromatic N) is 2. The van der Waals surface area contributed by atoms with Crippen LogP contribution < -0.4 is 16.6 Å². The fraction of sp³-hybridized carbons (Fsp3) is 0.273. The van der Waals surface area contributed by atoms with Crippen molar-refractivity contribution < 1.29 is 0 Å². The molecule has 0 unspecified atom stereocenters. The molecule has 2 rings (SSSR count). The zero-order valence-electron chi connectivity index (χ0n) is 9.90. The maximum absolute atomic E-state index is 5.28. The summed E-state index contributed by atoms with van der Waals surface area (Å²) in [6, 6.07) is 4.29. The minimum absolute atomic E-state index is 0.390. The van der Waals surface area contributed by atoms with E-state index in [-0.39, 0.29) is 0 Å². The van der Waals surface area contributed by atoms with Gasteiger partial charge in [-0.2, -0.15) is 4.98 Å². The summed E-state index contributed by atoms with van der Waals surface area (Å²) in [6.45, 7) is 2.90. The van der Waals surface area contributed by atoms with Crippen LogP contribution in [-0.2, 0) is 13.0 Å². The molecule has 0 aliphatic heterocycles. The Hall–Kier alpha value is -1.18. The van der Waals surface area contributed by atoms with E-state index in [1.165, 1.54) is 9.75 Å². The molecule has 0 spiro atoms. The lowest BCUT2D eigenvalue weighted by Gasteiger charge is -2.07. The first-order chi connectivity index (χ1) is 8.72. The molecule has 4 N–H and O–H groups in total. The molecule has 7 heteroatoms. The van der Waals surface area contributed by atoms with E-state index in [0.29, 0.717) is 5.95 Å². The van der Waals surface area contributed by atoms with Gasteiger partial charge in [0, 0.05) is 16.0 Å². The number of halogens is 1. The average Bonchev–Trinajstić information content (AvgIpc) is 2.86. The summed E-state index contributed by atoms with van der Waals surface area (Å²) in [6.07, 6.45) is 2.74. The molecule has 0 bridgehead atoms. The standard InChI is InChI=1S/C11H14BrN5S/c1-2-7-3-4-8(18-7)5-14-10-9(12)6-15-11(16-10)17-13/h3-4,6H,2,5,13H2,1H3,(H2,14,15,16,17). The highest BCUT2D eigenvalue weighted by atomic mass is 79.9. The van der Waals surface area contributed by atoms with E-state index < -0.39 is 0 Å². The zero-order chi connectivity index (χ0) is 13.0. The van der Waals surface area contributed by atoms with Crippen molar-refractivity contribution in [2.75, 3.05) is 10.7 Å². The molecular formula is C11H14BrN5S. The highest BCUT2D eigenvalue weighted by Gasteiger charge is 2.05. The quantitative estimate of drug-likeness (QED) is 0.581. The zero-order valence-corrected chi connectivity index (χ0v) is 12.3. The van der Waals surface area contributed by atoms with Gasteiger partial charge in [0.2, 0.25) is 5.95 Å². The third-order valence-corrected chi connectivity index (χ3v) is 4.18. The van der Waals surface area contributed by atoms with Crippen molar-refractivity contribution in [3.63, 3.8) is 0 Å². The van der Waals surface area contributed by atoms with Crippen LogP contribution in [0.2, 0.25) is 0 Å². The SMILES string of the molecule is CCc1ccc(CNc2nc(NN)ncc2Br)s1. The number of hydrazine groups is 1. The van der Waals surface area contributed by atoms with Crippen LogP contribution in [0.3, 0.4) is 0 Å². The smallest absolute Gasteiger partial charge is 0.239 e. The second-order valence-corrected chi connectivity index (χ2v) is 5.72. The number of nitrogens with two attached hydrogens (primary N) is 1. The lowest BCUT2D eigenvalue weighted by atomic mass is 10.3. The molecule has 0 amide bonds. The average molecular weight is 328 g/mol. The van der Waals surface area contributed by atoms with Crippen LogP contribution in [0.15, 0.2) is 22.8 Å². The van der Waals surface area contributed by atoms with Crippen LogP contribution in [-0.4, -0.2) is 9.97 Å². The third kappa shape index (κ3) is 3.18. The third-order valence-electron chi connectivity index (χ3n) is 2.37. The normalized spacial score (nSPS) is 10.4. The molecular weight excluding hydrogens is 314 g/mol. The van der Waals surface area contributed by atoms with Gasteiger partial charge in [-0.3, -0.25) is 5.43 Å². The molecule has 2 aromatic rings. The minimum atomic E-state index is 0.390. The van der Waals surface area contributed by atoms with Gasteiger partial charge >= 0.3 is 0 Å². The summed E-state index contributed by atoms with van der Waals surface area (Å²) < 4.78 is 0.814. The predicted molar refractivity (Wildman–Crippen MR) is 78.6 cm³/mol. The first kappa shape index (κ1) is 13.3. The van der Waals surface area contributed by atoms with Crippen LogP contribution in [0.5, 0.6) is 0 Å². The fourth-order valence-electron chi connectivity index (χ4n) is 1.44. The monoisotopic (exact) mass is 327 g/mol. The van der Waals surface area contributed by atoms with Crippen molar-refractivity contribution in [1.82, 2.24) is 9.97 Å². The first-order valence-electron chi connectivity index (χ1n) is 5.53. The summed E-state index contributed by atoms with van der Waals surface area (Å²) >= 11 is 5.21. The highest BCUT2D eigenvalue weighted by molar-refractivity contribution is 9.10. The van der Waals surface area contributed by atoms with Gasteiger partial charge in [0.25, 0.3) is 0 Å². The number of nitrogen functional groups attached to an aromatic ring is 1. The van der Waals surface area contributed by atoms with Gasteiger partial charge in [-0.1, -0.05) is 6.92 Å². The van der Waals surface area contributed by atoms with E-state index in [2.05, 4.69) is 55.7 Å². The Morgan fingerprint density at radius 3 is 2.83 bits per heavy atom. The number of anilines is 2. The summed E-state index contributed by atoms with van der Waals surface area (Å²) in [5.41, 5.74) is 2.43. The largest absolute Gasteiger partial charge is 0.364 e.